The van der Waals surface area contributed by atoms with E-state index in [9.17, 15) is 14.4 Å². The van der Waals surface area contributed by atoms with Crippen LogP contribution in [0.5, 0.6) is 0 Å². The Morgan fingerprint density at radius 3 is 2.19 bits per heavy atom. The number of hydrogen-bond donors (Lipinski definition) is 0. The molecule has 0 spiro atoms. The number of imide groups is 2. The zero-order chi connectivity index (χ0) is 25.7. The summed E-state index contributed by atoms with van der Waals surface area (Å²) in [6.45, 7) is 9.39. The first kappa shape index (κ1) is 23.2. The van der Waals surface area contributed by atoms with E-state index in [0.29, 0.717) is 0 Å². The van der Waals surface area contributed by atoms with Crippen molar-refractivity contribution < 1.29 is 14.4 Å². The molecule has 0 unspecified atom stereocenters. The maximum absolute atomic E-state index is 12.9. The Morgan fingerprint density at radius 2 is 1.50 bits per heavy atom. The van der Waals surface area contributed by atoms with Crippen LogP contribution in [0.15, 0.2) is 54.1 Å². The maximum atomic E-state index is 12.9. The molecule has 1 saturated heterocycles. The quantitative estimate of drug-likeness (QED) is 0.260. The molecule has 4 heterocycles. The Balaban J connectivity index is 1.59. The molecule has 36 heavy (non-hydrogen) atoms. The number of carbonyl (C=O) groups excluding carboxylic acids is 3. The van der Waals surface area contributed by atoms with Gasteiger partial charge in [0, 0.05) is 0 Å². The standard InChI is InChI=1S/C28H27N3O3SeSi/c1-28(2)18-10-9-13-22-23(18)31(20-11-7-8-12-21(20)36(22,5)6)26-19(28)15-16(35-26)14-17-24(32)29(3)27(34)30(4)25(17)33/h7-15H,1-6H3. The number of para-hydroxylation sites is 2. The molecule has 4 amide bonds. The van der Waals surface area contributed by atoms with Crippen LogP contribution in [-0.2, 0) is 15.0 Å². The van der Waals surface area contributed by atoms with Gasteiger partial charge >= 0.3 is 218 Å². The van der Waals surface area contributed by atoms with Gasteiger partial charge in [-0.25, -0.2) is 0 Å². The van der Waals surface area contributed by atoms with Crippen LogP contribution in [0.1, 0.15) is 29.4 Å². The number of hydrogen-bond acceptors (Lipinski definition) is 4. The average molecular weight is 561 g/mol. The average Bonchev–Trinajstić information content (AvgIpc) is 3.29. The summed E-state index contributed by atoms with van der Waals surface area (Å²) in [5, 5.41) is 2.86. The molecule has 0 aliphatic carbocycles. The monoisotopic (exact) mass is 561 g/mol. The van der Waals surface area contributed by atoms with Gasteiger partial charge < -0.3 is 0 Å². The number of carbonyl (C=O) groups is 3. The fraction of sp³-hybridized carbons (Fsp3) is 0.250. The van der Waals surface area contributed by atoms with Crippen molar-refractivity contribution in [2.75, 3.05) is 19.0 Å². The molecule has 1 aromatic heterocycles. The predicted octanol–water partition coefficient (Wildman–Crippen LogP) is 3.42. The minimum atomic E-state index is -1.90. The van der Waals surface area contributed by atoms with Crippen LogP contribution >= 0.6 is 0 Å². The van der Waals surface area contributed by atoms with E-state index in [4.69, 9.17) is 0 Å². The van der Waals surface area contributed by atoms with E-state index >= 15 is 0 Å². The Hall–Kier alpha value is -3.19. The van der Waals surface area contributed by atoms with Crippen LogP contribution in [0.4, 0.5) is 20.7 Å². The molecule has 0 saturated carbocycles. The van der Waals surface area contributed by atoms with Crippen molar-refractivity contribution in [3.05, 3.63) is 69.7 Å². The SMILES string of the molecule is CN1C(=O)C(=Cc2cc3c([se]2)N2c4ccccc4[Si](C)(C)c4cccc(c42)C3(C)C)C(=O)N(C)C1=O. The fourth-order valence-electron chi connectivity index (χ4n) is 5.81. The molecule has 2 aromatic carbocycles. The zero-order valence-corrected chi connectivity index (χ0v) is 23.9. The van der Waals surface area contributed by atoms with Gasteiger partial charge in [-0.1, -0.05) is 0 Å². The number of anilines is 3. The molecule has 3 aliphatic rings. The second kappa shape index (κ2) is 7.41. The Bertz CT molecular complexity index is 1530. The van der Waals surface area contributed by atoms with E-state index in [1.807, 2.05) is 0 Å². The number of amides is 4. The van der Waals surface area contributed by atoms with Crippen molar-refractivity contribution in [3.8, 4) is 0 Å². The Morgan fingerprint density at radius 1 is 0.861 bits per heavy atom. The summed E-state index contributed by atoms with van der Waals surface area (Å²) in [4.78, 5) is 42.4. The van der Waals surface area contributed by atoms with Gasteiger partial charge in [0.2, 0.25) is 0 Å². The first-order valence-corrected chi connectivity index (χ1v) is 16.7. The van der Waals surface area contributed by atoms with Crippen molar-refractivity contribution >= 4 is 72.8 Å². The molecule has 8 heteroatoms. The van der Waals surface area contributed by atoms with E-state index in [2.05, 4.69) is 80.4 Å². The Labute approximate surface area is 217 Å². The number of nitrogens with zero attached hydrogens (tertiary/aromatic N) is 3. The first-order valence-electron chi connectivity index (χ1n) is 12.0. The van der Waals surface area contributed by atoms with E-state index in [-0.39, 0.29) is 25.5 Å². The van der Waals surface area contributed by atoms with Crippen molar-refractivity contribution in [2.45, 2.75) is 32.4 Å². The third-order valence-corrected chi connectivity index (χ3v) is 13.7. The van der Waals surface area contributed by atoms with Gasteiger partial charge in [-0.05, 0) is 0 Å². The van der Waals surface area contributed by atoms with Crippen LogP contribution in [0.2, 0.25) is 13.1 Å². The zero-order valence-electron chi connectivity index (χ0n) is 21.2. The van der Waals surface area contributed by atoms with Crippen LogP contribution in [-0.4, -0.2) is 64.3 Å². The second-order valence-corrected chi connectivity index (χ2v) is 17.3. The van der Waals surface area contributed by atoms with Crippen molar-refractivity contribution in [1.82, 2.24) is 9.80 Å². The van der Waals surface area contributed by atoms with Gasteiger partial charge in [-0.3, -0.25) is 0 Å². The summed E-state index contributed by atoms with van der Waals surface area (Å²) in [6.07, 6.45) is 1.71. The molecule has 3 aliphatic heterocycles. The van der Waals surface area contributed by atoms with Gasteiger partial charge in [-0.15, -0.1) is 0 Å². The van der Waals surface area contributed by atoms with Crippen LogP contribution in [0.25, 0.3) is 6.08 Å². The summed E-state index contributed by atoms with van der Waals surface area (Å²) in [6, 6.07) is 17.0. The Kier molecular flexibility index (Phi) is 4.78. The minimum absolute atomic E-state index is 0.0381. The summed E-state index contributed by atoms with van der Waals surface area (Å²) < 4.78 is 2.21. The molecule has 182 valence electrons. The molecule has 0 N–H and O–H groups in total. The molecule has 0 radical (unpaired) electrons. The van der Waals surface area contributed by atoms with E-state index in [1.165, 1.54) is 51.5 Å². The van der Waals surface area contributed by atoms with Gasteiger partial charge in [0.15, 0.2) is 0 Å². The summed E-state index contributed by atoms with van der Waals surface area (Å²) in [5.41, 5.74) is 4.91. The van der Waals surface area contributed by atoms with Crippen molar-refractivity contribution in [3.63, 3.8) is 0 Å². The third-order valence-electron chi connectivity index (χ3n) is 7.96. The van der Waals surface area contributed by atoms with Crippen molar-refractivity contribution in [2.24, 2.45) is 0 Å². The molecule has 0 atom stereocenters. The number of fused-ring (bicyclic) bond motifs is 4. The second-order valence-electron chi connectivity index (χ2n) is 10.7. The van der Waals surface area contributed by atoms with Gasteiger partial charge in [0.05, 0.1) is 0 Å². The fourth-order valence-corrected chi connectivity index (χ4v) is 11.5. The number of urea groups is 1. The van der Waals surface area contributed by atoms with E-state index in [0.717, 1.165) is 14.2 Å². The molecule has 1 fully saturated rings. The molecule has 6 rings (SSSR count). The molecule has 6 nitrogen and oxygen atoms in total. The molecule has 3 aromatic rings. The number of benzene rings is 2. The summed E-state index contributed by atoms with van der Waals surface area (Å²) in [5.74, 6) is -1.10. The number of rotatable bonds is 1. The molecular weight excluding hydrogens is 533 g/mol. The normalized spacial score (nSPS) is 19.2. The first-order chi connectivity index (χ1) is 17.0. The van der Waals surface area contributed by atoms with Gasteiger partial charge in [0.25, 0.3) is 0 Å². The summed E-state index contributed by atoms with van der Waals surface area (Å²) >= 11 is -0.125. The predicted molar refractivity (Wildman–Crippen MR) is 146 cm³/mol. The van der Waals surface area contributed by atoms with Crippen LogP contribution < -0.4 is 15.3 Å². The van der Waals surface area contributed by atoms with E-state index < -0.39 is 25.9 Å². The van der Waals surface area contributed by atoms with E-state index in [1.54, 1.807) is 6.08 Å². The van der Waals surface area contributed by atoms with Gasteiger partial charge in [0.1, 0.15) is 0 Å². The molecule has 0 bridgehead atoms. The third kappa shape index (κ3) is 2.86. The van der Waals surface area contributed by atoms with Crippen LogP contribution in [0.3, 0.4) is 0 Å². The topological polar surface area (TPSA) is 60.9 Å². The number of likely N-dealkylation sites (N-methyl/N-ethyl adjacent to an activating group) is 2. The molecular formula is C28H27N3O3SeSi. The summed E-state index contributed by atoms with van der Waals surface area (Å²) in [7, 11) is 0.922. The number of barbiturate groups is 1. The van der Waals surface area contributed by atoms with Gasteiger partial charge in [-0.2, -0.15) is 0 Å². The van der Waals surface area contributed by atoms with Crippen LogP contribution in [0, 0.1) is 0 Å². The van der Waals surface area contributed by atoms with Crippen molar-refractivity contribution in [1.29, 1.82) is 0 Å².